The van der Waals surface area contributed by atoms with Crippen LogP contribution in [0.5, 0.6) is 5.88 Å². The SMILES string of the molecule is O=C(Cc1ccccc1Cl)NC1CCOc2ncccc21. The quantitative estimate of drug-likeness (QED) is 0.948. The number of pyridine rings is 1. The lowest BCUT2D eigenvalue weighted by Crippen LogP contribution is -2.33. The molecule has 4 nitrogen and oxygen atoms in total. The number of nitrogens with zero attached hydrogens (tertiary/aromatic N) is 1. The maximum Gasteiger partial charge on any atom is 0.224 e. The van der Waals surface area contributed by atoms with Crippen LogP contribution in [0.15, 0.2) is 42.6 Å². The van der Waals surface area contributed by atoms with E-state index >= 15 is 0 Å². The Morgan fingerprint density at radius 2 is 2.19 bits per heavy atom. The van der Waals surface area contributed by atoms with Gasteiger partial charge in [-0.05, 0) is 17.7 Å². The van der Waals surface area contributed by atoms with E-state index in [1.807, 2.05) is 30.3 Å². The molecule has 1 unspecified atom stereocenters. The van der Waals surface area contributed by atoms with E-state index in [0.717, 1.165) is 17.5 Å². The van der Waals surface area contributed by atoms with Crippen molar-refractivity contribution in [2.24, 2.45) is 0 Å². The Hall–Kier alpha value is -2.07. The van der Waals surface area contributed by atoms with Gasteiger partial charge < -0.3 is 10.1 Å². The number of rotatable bonds is 3. The van der Waals surface area contributed by atoms with E-state index in [-0.39, 0.29) is 18.4 Å². The molecule has 0 saturated heterocycles. The fraction of sp³-hybridized carbons (Fsp3) is 0.250. The van der Waals surface area contributed by atoms with Gasteiger partial charge >= 0.3 is 0 Å². The highest BCUT2D eigenvalue weighted by Crippen LogP contribution is 2.29. The first kappa shape index (κ1) is 13.9. The molecular formula is C16H15ClN2O2. The summed E-state index contributed by atoms with van der Waals surface area (Å²) >= 11 is 6.08. The summed E-state index contributed by atoms with van der Waals surface area (Å²) in [5.74, 6) is 0.552. The summed E-state index contributed by atoms with van der Waals surface area (Å²) in [5.41, 5.74) is 1.76. The molecule has 0 saturated carbocycles. The molecule has 1 aromatic carbocycles. The van der Waals surface area contributed by atoms with E-state index in [9.17, 15) is 4.79 Å². The zero-order chi connectivity index (χ0) is 14.7. The van der Waals surface area contributed by atoms with E-state index in [0.29, 0.717) is 17.5 Å². The number of halogens is 1. The van der Waals surface area contributed by atoms with Crippen LogP contribution in [-0.2, 0) is 11.2 Å². The number of carbonyl (C=O) groups excluding carboxylic acids is 1. The third kappa shape index (κ3) is 3.16. The zero-order valence-electron chi connectivity index (χ0n) is 11.4. The van der Waals surface area contributed by atoms with Gasteiger partial charge in [-0.2, -0.15) is 0 Å². The smallest absolute Gasteiger partial charge is 0.224 e. The van der Waals surface area contributed by atoms with Crippen LogP contribution in [0.25, 0.3) is 0 Å². The van der Waals surface area contributed by atoms with Gasteiger partial charge in [0, 0.05) is 23.2 Å². The van der Waals surface area contributed by atoms with Crippen molar-refractivity contribution in [2.45, 2.75) is 18.9 Å². The fourth-order valence-corrected chi connectivity index (χ4v) is 2.63. The van der Waals surface area contributed by atoms with Crippen LogP contribution in [0.2, 0.25) is 5.02 Å². The van der Waals surface area contributed by atoms with Crippen LogP contribution in [0.3, 0.4) is 0 Å². The second-order valence-corrected chi connectivity index (χ2v) is 5.33. The molecule has 21 heavy (non-hydrogen) atoms. The molecule has 0 bridgehead atoms. The number of carbonyl (C=O) groups is 1. The lowest BCUT2D eigenvalue weighted by molar-refractivity contribution is -0.121. The summed E-state index contributed by atoms with van der Waals surface area (Å²) in [7, 11) is 0. The molecule has 0 radical (unpaired) electrons. The molecule has 2 aromatic rings. The summed E-state index contributed by atoms with van der Waals surface area (Å²) in [4.78, 5) is 16.4. The van der Waals surface area contributed by atoms with E-state index in [4.69, 9.17) is 16.3 Å². The molecule has 1 atom stereocenters. The van der Waals surface area contributed by atoms with Gasteiger partial charge in [0.15, 0.2) is 0 Å². The van der Waals surface area contributed by atoms with Crippen LogP contribution in [0, 0.1) is 0 Å². The molecule has 108 valence electrons. The molecule has 0 aliphatic carbocycles. The number of amides is 1. The van der Waals surface area contributed by atoms with Gasteiger partial charge in [0.25, 0.3) is 0 Å². The number of aromatic nitrogens is 1. The molecule has 0 spiro atoms. The predicted molar refractivity (Wildman–Crippen MR) is 80.4 cm³/mol. The largest absolute Gasteiger partial charge is 0.477 e. The topological polar surface area (TPSA) is 51.2 Å². The summed E-state index contributed by atoms with van der Waals surface area (Å²) < 4.78 is 5.49. The minimum atomic E-state index is -0.0579. The Labute approximate surface area is 128 Å². The first-order valence-electron chi connectivity index (χ1n) is 6.84. The zero-order valence-corrected chi connectivity index (χ0v) is 12.1. The van der Waals surface area contributed by atoms with Crippen molar-refractivity contribution in [3.63, 3.8) is 0 Å². The van der Waals surface area contributed by atoms with Gasteiger partial charge in [0.2, 0.25) is 11.8 Å². The van der Waals surface area contributed by atoms with Gasteiger partial charge in [-0.15, -0.1) is 0 Å². The van der Waals surface area contributed by atoms with Crippen molar-refractivity contribution in [3.05, 3.63) is 58.7 Å². The van der Waals surface area contributed by atoms with E-state index in [2.05, 4.69) is 10.3 Å². The van der Waals surface area contributed by atoms with Crippen molar-refractivity contribution in [1.29, 1.82) is 0 Å². The number of hydrogen-bond acceptors (Lipinski definition) is 3. The summed E-state index contributed by atoms with van der Waals surface area (Å²) in [6.45, 7) is 0.557. The van der Waals surface area contributed by atoms with Crippen LogP contribution >= 0.6 is 11.6 Å². The highest BCUT2D eigenvalue weighted by molar-refractivity contribution is 6.31. The second kappa shape index (κ2) is 6.14. The van der Waals surface area contributed by atoms with Gasteiger partial charge in [-0.25, -0.2) is 4.98 Å². The van der Waals surface area contributed by atoms with Crippen molar-refractivity contribution in [3.8, 4) is 5.88 Å². The molecule has 0 fully saturated rings. The molecule has 1 amide bonds. The Morgan fingerprint density at radius 3 is 3.05 bits per heavy atom. The third-order valence-corrected chi connectivity index (χ3v) is 3.83. The predicted octanol–water partition coefficient (Wildman–Crippen LogP) is 2.92. The lowest BCUT2D eigenvalue weighted by Gasteiger charge is -2.25. The maximum absolute atomic E-state index is 12.2. The Kier molecular flexibility index (Phi) is 4.06. The van der Waals surface area contributed by atoms with Gasteiger partial charge in [-0.1, -0.05) is 35.9 Å². The average molecular weight is 303 g/mol. The monoisotopic (exact) mass is 302 g/mol. The lowest BCUT2D eigenvalue weighted by atomic mass is 10.0. The number of hydrogen-bond donors (Lipinski definition) is 1. The van der Waals surface area contributed by atoms with Crippen molar-refractivity contribution in [2.75, 3.05) is 6.61 Å². The van der Waals surface area contributed by atoms with Crippen LogP contribution in [0.4, 0.5) is 0 Å². The van der Waals surface area contributed by atoms with Gasteiger partial charge in [0.1, 0.15) is 0 Å². The average Bonchev–Trinajstić information content (AvgIpc) is 2.50. The molecule has 1 N–H and O–H groups in total. The summed E-state index contributed by atoms with van der Waals surface area (Å²) in [6, 6.07) is 11.1. The van der Waals surface area contributed by atoms with Crippen molar-refractivity contribution < 1.29 is 9.53 Å². The number of nitrogens with one attached hydrogen (secondary N) is 1. The van der Waals surface area contributed by atoms with Gasteiger partial charge in [0.05, 0.1) is 19.1 Å². The highest BCUT2D eigenvalue weighted by atomic mass is 35.5. The van der Waals surface area contributed by atoms with Crippen LogP contribution in [-0.4, -0.2) is 17.5 Å². The minimum absolute atomic E-state index is 0.0511. The maximum atomic E-state index is 12.2. The first-order valence-corrected chi connectivity index (χ1v) is 7.22. The van der Waals surface area contributed by atoms with Gasteiger partial charge in [-0.3, -0.25) is 4.79 Å². The normalized spacial score (nSPS) is 16.7. The second-order valence-electron chi connectivity index (χ2n) is 4.92. The van der Waals surface area contributed by atoms with E-state index < -0.39 is 0 Å². The molecule has 3 rings (SSSR count). The first-order chi connectivity index (χ1) is 10.2. The number of benzene rings is 1. The standard InChI is InChI=1S/C16H15ClN2O2/c17-13-6-2-1-4-11(13)10-15(20)19-14-7-9-21-16-12(14)5-3-8-18-16/h1-6,8,14H,7,9-10H2,(H,19,20). The minimum Gasteiger partial charge on any atom is -0.477 e. The fourth-order valence-electron chi connectivity index (χ4n) is 2.43. The molecule has 2 heterocycles. The van der Waals surface area contributed by atoms with E-state index in [1.165, 1.54) is 0 Å². The van der Waals surface area contributed by atoms with Crippen molar-refractivity contribution in [1.82, 2.24) is 10.3 Å². The molecule has 1 aliphatic rings. The Morgan fingerprint density at radius 1 is 1.33 bits per heavy atom. The van der Waals surface area contributed by atoms with Crippen LogP contribution < -0.4 is 10.1 Å². The number of ether oxygens (including phenoxy) is 1. The van der Waals surface area contributed by atoms with Crippen LogP contribution in [0.1, 0.15) is 23.6 Å². The molecule has 1 aromatic heterocycles. The Balaban J connectivity index is 1.70. The summed E-state index contributed by atoms with van der Waals surface area (Å²) in [5, 5.41) is 3.65. The summed E-state index contributed by atoms with van der Waals surface area (Å²) in [6.07, 6.45) is 2.70. The molecule has 1 aliphatic heterocycles. The Bertz CT molecular complexity index is 660. The van der Waals surface area contributed by atoms with Crippen molar-refractivity contribution >= 4 is 17.5 Å². The third-order valence-electron chi connectivity index (χ3n) is 3.47. The molecule has 5 heteroatoms. The molecular weight excluding hydrogens is 288 g/mol. The van der Waals surface area contributed by atoms with E-state index in [1.54, 1.807) is 12.3 Å². The number of fused-ring (bicyclic) bond motifs is 1. The highest BCUT2D eigenvalue weighted by Gasteiger charge is 2.23.